The first-order valence-corrected chi connectivity index (χ1v) is 6.70. The lowest BCUT2D eigenvalue weighted by Crippen LogP contribution is -2.01. The van der Waals surface area contributed by atoms with Crippen LogP contribution >= 0.6 is 0 Å². The van der Waals surface area contributed by atoms with Crippen LogP contribution in [0, 0.1) is 5.82 Å². The third kappa shape index (κ3) is 3.66. The first-order chi connectivity index (χ1) is 10.3. The van der Waals surface area contributed by atoms with Gasteiger partial charge in [0.05, 0.1) is 18.9 Å². The van der Waals surface area contributed by atoms with Crippen molar-refractivity contribution in [3.8, 4) is 0 Å². The maximum Gasteiger partial charge on any atom is 0.141 e. The topological polar surface area (TPSA) is 42.7 Å². The summed E-state index contributed by atoms with van der Waals surface area (Å²) in [7, 11) is 0. The molecule has 0 spiro atoms. The predicted molar refractivity (Wildman–Crippen MR) is 79.3 cm³/mol. The molecule has 0 aliphatic carbocycles. The van der Waals surface area contributed by atoms with Gasteiger partial charge in [-0.05, 0) is 17.7 Å². The van der Waals surface area contributed by atoms with E-state index < -0.39 is 0 Å². The van der Waals surface area contributed by atoms with E-state index in [-0.39, 0.29) is 5.82 Å². The zero-order valence-corrected chi connectivity index (χ0v) is 11.4. The van der Waals surface area contributed by atoms with Gasteiger partial charge in [0.25, 0.3) is 0 Å². The fourth-order valence-electron chi connectivity index (χ4n) is 2.03. The molecular weight excluding hydrogens is 267 g/mol. The minimum absolute atomic E-state index is 0.337. The Balaban J connectivity index is 1.59. The molecule has 106 valence electrons. The van der Waals surface area contributed by atoms with Gasteiger partial charge in [-0.1, -0.05) is 30.3 Å². The number of pyridine rings is 1. The third-order valence-electron chi connectivity index (χ3n) is 3.08. The van der Waals surface area contributed by atoms with Crippen molar-refractivity contribution in [2.75, 3.05) is 5.32 Å². The van der Waals surface area contributed by atoms with E-state index >= 15 is 0 Å². The van der Waals surface area contributed by atoms with Crippen molar-refractivity contribution >= 4 is 5.82 Å². The first-order valence-electron chi connectivity index (χ1n) is 6.70. The fourth-order valence-corrected chi connectivity index (χ4v) is 2.03. The van der Waals surface area contributed by atoms with Crippen LogP contribution in [0.25, 0.3) is 0 Å². The van der Waals surface area contributed by atoms with Crippen LogP contribution in [0.15, 0.2) is 61.1 Å². The van der Waals surface area contributed by atoms with Gasteiger partial charge in [-0.3, -0.25) is 4.68 Å². The van der Waals surface area contributed by atoms with Crippen LogP contribution in [-0.2, 0) is 13.1 Å². The number of aromatic nitrogens is 3. The molecule has 4 nitrogen and oxygen atoms in total. The Bertz CT molecular complexity index is 692. The highest BCUT2D eigenvalue weighted by Gasteiger charge is 2.01. The van der Waals surface area contributed by atoms with E-state index in [1.165, 1.54) is 17.8 Å². The minimum Gasteiger partial charge on any atom is -0.366 e. The van der Waals surface area contributed by atoms with Crippen LogP contribution in [0.2, 0.25) is 0 Å². The Morgan fingerprint density at radius 3 is 2.62 bits per heavy atom. The van der Waals surface area contributed by atoms with Crippen molar-refractivity contribution in [2.45, 2.75) is 13.1 Å². The zero-order chi connectivity index (χ0) is 14.5. The van der Waals surface area contributed by atoms with E-state index in [1.807, 2.05) is 35.3 Å². The first kappa shape index (κ1) is 13.3. The second kappa shape index (κ2) is 6.17. The van der Waals surface area contributed by atoms with Crippen molar-refractivity contribution in [2.24, 2.45) is 0 Å². The van der Waals surface area contributed by atoms with Crippen LogP contribution in [-0.4, -0.2) is 14.8 Å². The van der Waals surface area contributed by atoms with E-state index in [4.69, 9.17) is 0 Å². The summed E-state index contributed by atoms with van der Waals surface area (Å²) in [6.07, 6.45) is 5.00. The SMILES string of the molecule is Fc1ccc(NCc2cnn(Cc3ccccc3)c2)nc1. The molecule has 0 saturated heterocycles. The summed E-state index contributed by atoms with van der Waals surface area (Å²) in [5.74, 6) is 0.309. The molecule has 21 heavy (non-hydrogen) atoms. The van der Waals surface area contributed by atoms with Crippen LogP contribution in [0.4, 0.5) is 10.2 Å². The quantitative estimate of drug-likeness (QED) is 0.782. The van der Waals surface area contributed by atoms with Gasteiger partial charge < -0.3 is 5.32 Å². The van der Waals surface area contributed by atoms with Gasteiger partial charge in [0, 0.05) is 18.3 Å². The van der Waals surface area contributed by atoms with Gasteiger partial charge >= 0.3 is 0 Å². The number of anilines is 1. The molecule has 0 unspecified atom stereocenters. The van der Waals surface area contributed by atoms with E-state index in [1.54, 1.807) is 6.07 Å². The molecule has 0 atom stereocenters. The highest BCUT2D eigenvalue weighted by molar-refractivity contribution is 5.34. The maximum absolute atomic E-state index is 12.8. The average molecular weight is 282 g/mol. The Labute approximate surface area is 122 Å². The number of hydrogen-bond acceptors (Lipinski definition) is 3. The van der Waals surface area contributed by atoms with Crippen molar-refractivity contribution in [1.29, 1.82) is 0 Å². The van der Waals surface area contributed by atoms with Crippen molar-refractivity contribution in [3.63, 3.8) is 0 Å². The molecule has 0 radical (unpaired) electrons. The second-order valence-corrected chi connectivity index (χ2v) is 4.75. The Morgan fingerprint density at radius 1 is 1.00 bits per heavy atom. The molecule has 0 aliphatic heterocycles. The van der Waals surface area contributed by atoms with E-state index in [2.05, 4.69) is 27.5 Å². The van der Waals surface area contributed by atoms with E-state index in [0.717, 1.165) is 12.1 Å². The lowest BCUT2D eigenvalue weighted by atomic mass is 10.2. The molecule has 3 rings (SSSR count). The van der Waals surface area contributed by atoms with Gasteiger partial charge in [-0.2, -0.15) is 5.10 Å². The van der Waals surface area contributed by atoms with Crippen LogP contribution in [0.3, 0.4) is 0 Å². The smallest absolute Gasteiger partial charge is 0.141 e. The maximum atomic E-state index is 12.8. The number of nitrogens with zero attached hydrogens (tertiary/aromatic N) is 3. The van der Waals surface area contributed by atoms with Crippen LogP contribution in [0.1, 0.15) is 11.1 Å². The molecule has 0 saturated carbocycles. The highest BCUT2D eigenvalue weighted by Crippen LogP contribution is 2.08. The molecule has 2 heterocycles. The summed E-state index contributed by atoms with van der Waals surface area (Å²) in [6.45, 7) is 1.35. The molecule has 0 amide bonds. The largest absolute Gasteiger partial charge is 0.366 e. The molecule has 0 fully saturated rings. The lowest BCUT2D eigenvalue weighted by molar-refractivity contribution is 0.621. The van der Waals surface area contributed by atoms with E-state index in [0.29, 0.717) is 12.4 Å². The Morgan fingerprint density at radius 2 is 1.86 bits per heavy atom. The Hall–Kier alpha value is -2.69. The summed E-state index contributed by atoms with van der Waals surface area (Å²) in [5.41, 5.74) is 2.26. The number of rotatable bonds is 5. The number of benzene rings is 1. The molecule has 3 aromatic rings. The van der Waals surface area contributed by atoms with Crippen LogP contribution in [0.5, 0.6) is 0 Å². The van der Waals surface area contributed by atoms with Crippen molar-refractivity contribution in [3.05, 3.63) is 78.0 Å². The third-order valence-corrected chi connectivity index (χ3v) is 3.08. The minimum atomic E-state index is -0.337. The van der Waals surface area contributed by atoms with Gasteiger partial charge in [0.15, 0.2) is 0 Å². The van der Waals surface area contributed by atoms with Gasteiger partial charge in [-0.25, -0.2) is 9.37 Å². The summed E-state index contributed by atoms with van der Waals surface area (Å²) >= 11 is 0. The number of nitrogens with one attached hydrogen (secondary N) is 1. The summed E-state index contributed by atoms with van der Waals surface area (Å²) in [4.78, 5) is 3.95. The molecule has 0 bridgehead atoms. The summed E-state index contributed by atoms with van der Waals surface area (Å²) in [5, 5.41) is 7.47. The van der Waals surface area contributed by atoms with E-state index in [9.17, 15) is 4.39 Å². The van der Waals surface area contributed by atoms with Gasteiger partial charge in [-0.15, -0.1) is 0 Å². The summed E-state index contributed by atoms with van der Waals surface area (Å²) in [6, 6.07) is 13.2. The molecular formula is C16H15FN4. The predicted octanol–water partition coefficient (Wildman–Crippen LogP) is 3.08. The average Bonchev–Trinajstić information content (AvgIpc) is 2.95. The normalized spacial score (nSPS) is 10.5. The Kier molecular flexibility index (Phi) is 3.91. The van der Waals surface area contributed by atoms with Gasteiger partial charge in [0.1, 0.15) is 11.6 Å². The number of hydrogen-bond donors (Lipinski definition) is 1. The van der Waals surface area contributed by atoms with Crippen molar-refractivity contribution in [1.82, 2.24) is 14.8 Å². The van der Waals surface area contributed by atoms with Crippen molar-refractivity contribution < 1.29 is 4.39 Å². The van der Waals surface area contributed by atoms with Crippen LogP contribution < -0.4 is 5.32 Å². The second-order valence-electron chi connectivity index (χ2n) is 4.75. The molecule has 0 aliphatic rings. The molecule has 1 N–H and O–H groups in total. The standard InChI is InChI=1S/C16H15FN4/c17-15-6-7-16(19-10-15)18-8-14-9-20-21(12-14)11-13-4-2-1-3-5-13/h1-7,9-10,12H,8,11H2,(H,18,19). The summed E-state index contributed by atoms with van der Waals surface area (Å²) < 4.78 is 14.6. The number of halogens is 1. The monoisotopic (exact) mass is 282 g/mol. The molecule has 1 aromatic carbocycles. The van der Waals surface area contributed by atoms with Gasteiger partial charge in [0.2, 0.25) is 0 Å². The highest BCUT2D eigenvalue weighted by atomic mass is 19.1. The molecule has 2 aromatic heterocycles. The fraction of sp³-hybridized carbons (Fsp3) is 0.125. The zero-order valence-electron chi connectivity index (χ0n) is 11.4. The molecule has 5 heteroatoms. The lowest BCUT2D eigenvalue weighted by Gasteiger charge is -2.03.